The first kappa shape index (κ1) is 11.7. The Kier molecular flexibility index (Phi) is 4.29. The molecular formula is C8H12BrN5O. The Bertz CT molecular complexity index is 357. The molecule has 0 aliphatic carbocycles. The smallest absolute Gasteiger partial charge is 0.221 e. The third-order valence-corrected chi connectivity index (χ3v) is 2.27. The van der Waals surface area contributed by atoms with Crippen molar-refractivity contribution in [2.75, 3.05) is 24.6 Å². The van der Waals surface area contributed by atoms with Crippen molar-refractivity contribution in [1.29, 1.82) is 0 Å². The van der Waals surface area contributed by atoms with Crippen molar-refractivity contribution in [3.63, 3.8) is 0 Å². The number of hydrogen-bond donors (Lipinski definition) is 3. The zero-order valence-electron chi connectivity index (χ0n) is 8.25. The van der Waals surface area contributed by atoms with Crippen molar-refractivity contribution in [1.82, 2.24) is 15.3 Å². The standard InChI is InChI=1S/C8H12BrN5O/c1-11-6(15)2-3-12-7-5(9)4-13-8(10)14-7/h4H,2-3H2,1H3,(H,11,15)(H3,10,12,13,14). The van der Waals surface area contributed by atoms with E-state index in [4.69, 9.17) is 5.73 Å². The van der Waals surface area contributed by atoms with Gasteiger partial charge in [-0.15, -0.1) is 0 Å². The molecule has 0 radical (unpaired) electrons. The number of carbonyl (C=O) groups is 1. The van der Waals surface area contributed by atoms with Gasteiger partial charge >= 0.3 is 0 Å². The fourth-order valence-electron chi connectivity index (χ4n) is 0.924. The maximum Gasteiger partial charge on any atom is 0.221 e. The summed E-state index contributed by atoms with van der Waals surface area (Å²) in [6.07, 6.45) is 1.94. The molecule has 0 aliphatic heterocycles. The van der Waals surface area contributed by atoms with Gasteiger partial charge in [0.1, 0.15) is 5.82 Å². The Morgan fingerprint density at radius 1 is 1.67 bits per heavy atom. The molecule has 0 fully saturated rings. The van der Waals surface area contributed by atoms with E-state index in [2.05, 4.69) is 36.5 Å². The number of rotatable bonds is 4. The van der Waals surface area contributed by atoms with Gasteiger partial charge in [0.15, 0.2) is 0 Å². The lowest BCUT2D eigenvalue weighted by molar-refractivity contribution is -0.120. The largest absolute Gasteiger partial charge is 0.368 e. The normalized spacial score (nSPS) is 9.73. The summed E-state index contributed by atoms with van der Waals surface area (Å²) in [5.41, 5.74) is 5.42. The van der Waals surface area contributed by atoms with Gasteiger partial charge in [-0.25, -0.2) is 4.98 Å². The minimum Gasteiger partial charge on any atom is -0.368 e. The fraction of sp³-hybridized carbons (Fsp3) is 0.375. The van der Waals surface area contributed by atoms with Crippen molar-refractivity contribution >= 4 is 33.6 Å². The summed E-state index contributed by atoms with van der Waals surface area (Å²) in [6.45, 7) is 0.495. The Balaban J connectivity index is 2.50. The molecule has 1 rings (SSSR count). The molecule has 0 aromatic carbocycles. The topological polar surface area (TPSA) is 92.9 Å². The number of aromatic nitrogens is 2. The lowest BCUT2D eigenvalue weighted by Gasteiger charge is -2.06. The van der Waals surface area contributed by atoms with Gasteiger partial charge in [0, 0.05) is 26.2 Å². The molecule has 4 N–H and O–H groups in total. The summed E-state index contributed by atoms with van der Waals surface area (Å²) in [7, 11) is 1.60. The van der Waals surface area contributed by atoms with Crippen molar-refractivity contribution in [2.45, 2.75) is 6.42 Å². The van der Waals surface area contributed by atoms with E-state index < -0.39 is 0 Å². The Labute approximate surface area is 95.8 Å². The summed E-state index contributed by atoms with van der Waals surface area (Å²) >= 11 is 3.27. The molecule has 0 aliphatic rings. The van der Waals surface area contributed by atoms with E-state index in [9.17, 15) is 4.79 Å². The highest BCUT2D eigenvalue weighted by atomic mass is 79.9. The third-order valence-electron chi connectivity index (χ3n) is 1.69. The molecule has 0 saturated carbocycles. The molecule has 1 aromatic heterocycles. The number of anilines is 2. The zero-order chi connectivity index (χ0) is 11.3. The maximum absolute atomic E-state index is 10.9. The van der Waals surface area contributed by atoms with Gasteiger partial charge in [0.2, 0.25) is 11.9 Å². The number of nitrogens with two attached hydrogens (primary N) is 1. The Morgan fingerprint density at radius 2 is 2.40 bits per heavy atom. The van der Waals surface area contributed by atoms with Crippen LogP contribution in [-0.4, -0.2) is 29.5 Å². The average molecular weight is 274 g/mol. The van der Waals surface area contributed by atoms with Crippen molar-refractivity contribution in [3.05, 3.63) is 10.7 Å². The van der Waals surface area contributed by atoms with E-state index in [1.54, 1.807) is 13.2 Å². The second-order valence-corrected chi connectivity index (χ2v) is 3.63. The second-order valence-electron chi connectivity index (χ2n) is 2.77. The van der Waals surface area contributed by atoms with Gasteiger partial charge in [-0.3, -0.25) is 4.79 Å². The summed E-state index contributed by atoms with van der Waals surface area (Å²) in [6, 6.07) is 0. The second kappa shape index (κ2) is 5.50. The van der Waals surface area contributed by atoms with Gasteiger partial charge in [-0.2, -0.15) is 4.98 Å². The van der Waals surface area contributed by atoms with E-state index in [0.29, 0.717) is 23.3 Å². The molecule has 0 unspecified atom stereocenters. The highest BCUT2D eigenvalue weighted by Gasteiger charge is 2.03. The molecule has 82 valence electrons. The van der Waals surface area contributed by atoms with Crippen LogP contribution in [0.2, 0.25) is 0 Å². The number of nitrogens with zero attached hydrogens (tertiary/aromatic N) is 2. The third kappa shape index (κ3) is 3.70. The van der Waals surface area contributed by atoms with Crippen LogP contribution < -0.4 is 16.4 Å². The van der Waals surface area contributed by atoms with Gasteiger partial charge in [0.05, 0.1) is 4.47 Å². The van der Waals surface area contributed by atoms with Crippen LogP contribution in [0.1, 0.15) is 6.42 Å². The first-order chi connectivity index (χ1) is 7.13. The van der Waals surface area contributed by atoms with Crippen molar-refractivity contribution in [3.8, 4) is 0 Å². The molecule has 0 bridgehead atoms. The molecule has 1 aromatic rings. The lowest BCUT2D eigenvalue weighted by Crippen LogP contribution is -2.21. The van der Waals surface area contributed by atoms with E-state index in [1.807, 2.05) is 0 Å². The number of halogens is 1. The SMILES string of the molecule is CNC(=O)CCNc1nc(N)ncc1Br. The molecule has 0 spiro atoms. The Morgan fingerprint density at radius 3 is 3.07 bits per heavy atom. The lowest BCUT2D eigenvalue weighted by atomic mass is 10.4. The van der Waals surface area contributed by atoms with Crippen LogP contribution in [-0.2, 0) is 4.79 Å². The quantitative estimate of drug-likeness (QED) is 0.737. The molecule has 15 heavy (non-hydrogen) atoms. The molecule has 6 nitrogen and oxygen atoms in total. The van der Waals surface area contributed by atoms with Crippen LogP contribution in [0.4, 0.5) is 11.8 Å². The van der Waals surface area contributed by atoms with Crippen LogP contribution in [0.3, 0.4) is 0 Å². The summed E-state index contributed by atoms with van der Waals surface area (Å²) < 4.78 is 0.716. The minimum atomic E-state index is -0.0272. The van der Waals surface area contributed by atoms with Crippen LogP contribution in [0.5, 0.6) is 0 Å². The monoisotopic (exact) mass is 273 g/mol. The van der Waals surface area contributed by atoms with Crippen LogP contribution in [0.15, 0.2) is 10.7 Å². The predicted molar refractivity (Wildman–Crippen MR) is 61.3 cm³/mol. The van der Waals surface area contributed by atoms with Crippen molar-refractivity contribution in [2.24, 2.45) is 0 Å². The number of carbonyl (C=O) groups excluding carboxylic acids is 1. The van der Waals surface area contributed by atoms with E-state index in [0.717, 1.165) is 0 Å². The van der Waals surface area contributed by atoms with Crippen LogP contribution in [0.25, 0.3) is 0 Å². The number of nitrogen functional groups attached to an aromatic ring is 1. The first-order valence-electron chi connectivity index (χ1n) is 4.36. The number of amides is 1. The number of nitrogens with one attached hydrogen (secondary N) is 2. The summed E-state index contributed by atoms with van der Waals surface area (Å²) in [5.74, 6) is 0.757. The number of hydrogen-bond acceptors (Lipinski definition) is 5. The maximum atomic E-state index is 10.9. The van der Waals surface area contributed by atoms with Gasteiger partial charge < -0.3 is 16.4 Å². The average Bonchev–Trinajstić information content (AvgIpc) is 2.23. The predicted octanol–water partition coefficient (Wildman–Crippen LogP) is 0.369. The van der Waals surface area contributed by atoms with E-state index >= 15 is 0 Å². The first-order valence-corrected chi connectivity index (χ1v) is 5.15. The highest BCUT2D eigenvalue weighted by molar-refractivity contribution is 9.10. The minimum absolute atomic E-state index is 0.0272. The molecular weight excluding hydrogens is 262 g/mol. The summed E-state index contributed by atoms with van der Waals surface area (Å²) in [4.78, 5) is 18.7. The molecule has 7 heteroatoms. The van der Waals surface area contributed by atoms with Gasteiger partial charge in [-0.1, -0.05) is 0 Å². The molecule has 0 atom stereocenters. The fourth-order valence-corrected chi connectivity index (χ4v) is 1.26. The van der Waals surface area contributed by atoms with Gasteiger partial charge in [-0.05, 0) is 15.9 Å². The van der Waals surface area contributed by atoms with Gasteiger partial charge in [0.25, 0.3) is 0 Å². The molecule has 1 heterocycles. The highest BCUT2D eigenvalue weighted by Crippen LogP contribution is 2.18. The zero-order valence-corrected chi connectivity index (χ0v) is 9.84. The van der Waals surface area contributed by atoms with Crippen molar-refractivity contribution < 1.29 is 4.79 Å². The van der Waals surface area contributed by atoms with E-state index in [-0.39, 0.29) is 11.9 Å². The molecule has 0 saturated heterocycles. The Hall–Kier alpha value is -1.37. The van der Waals surface area contributed by atoms with E-state index in [1.165, 1.54) is 0 Å². The molecule has 1 amide bonds. The van der Waals surface area contributed by atoms with Crippen LogP contribution >= 0.6 is 15.9 Å². The summed E-state index contributed by atoms with van der Waals surface area (Å²) in [5, 5.41) is 5.51. The van der Waals surface area contributed by atoms with Crippen LogP contribution in [0, 0.1) is 0 Å².